The lowest BCUT2D eigenvalue weighted by atomic mass is 10.0. The van der Waals surface area contributed by atoms with Crippen LogP contribution in [-0.4, -0.2) is 0 Å². The van der Waals surface area contributed by atoms with Gasteiger partial charge in [0.2, 0.25) is 0 Å². The molecule has 0 unspecified atom stereocenters. The van der Waals surface area contributed by atoms with Gasteiger partial charge in [-0.1, -0.05) is 46.9 Å². The van der Waals surface area contributed by atoms with Crippen molar-refractivity contribution in [1.29, 1.82) is 0 Å². The summed E-state index contributed by atoms with van der Waals surface area (Å²) in [7, 11) is 0. The molecule has 2 rings (SSSR count). The van der Waals surface area contributed by atoms with E-state index in [1.807, 2.05) is 31.2 Å². The van der Waals surface area contributed by atoms with E-state index in [0.717, 1.165) is 16.7 Å². The molecule has 82 valence electrons. The van der Waals surface area contributed by atoms with Gasteiger partial charge >= 0.3 is 0 Å². The molecule has 0 aliphatic rings. The van der Waals surface area contributed by atoms with Crippen LogP contribution in [0.3, 0.4) is 0 Å². The Labute approximate surface area is 110 Å². The molecule has 0 fully saturated rings. The van der Waals surface area contributed by atoms with Crippen molar-refractivity contribution in [2.75, 3.05) is 0 Å². The van der Waals surface area contributed by atoms with Crippen molar-refractivity contribution in [2.45, 2.75) is 6.92 Å². The summed E-state index contributed by atoms with van der Waals surface area (Å²) < 4.78 is 0. The van der Waals surface area contributed by atoms with Crippen LogP contribution in [0.15, 0.2) is 36.4 Å². The lowest BCUT2D eigenvalue weighted by molar-refractivity contribution is 1.46. The van der Waals surface area contributed by atoms with E-state index in [1.54, 1.807) is 12.1 Å². The molecule has 0 aliphatic carbocycles. The molecule has 0 radical (unpaired) electrons. The van der Waals surface area contributed by atoms with Crippen LogP contribution < -0.4 is 0 Å². The van der Waals surface area contributed by atoms with Crippen molar-refractivity contribution in [3.05, 3.63) is 57.0 Å². The maximum atomic E-state index is 6.19. The Bertz CT molecular complexity index is 512. The normalized spacial score (nSPS) is 10.5. The Morgan fingerprint density at radius 2 is 1.62 bits per heavy atom. The summed E-state index contributed by atoms with van der Waals surface area (Å²) in [6, 6.07) is 11.1. The molecular weight excluding hydrogens is 263 g/mol. The standard InChI is InChI=1S/C13H9Cl3/c1-8-3-2-4-12(16)13(8)10-7-9(14)5-6-11(10)15/h2-7H,1H3. The minimum Gasteiger partial charge on any atom is -0.0843 e. The molecule has 0 heterocycles. The largest absolute Gasteiger partial charge is 0.0843 e. The first kappa shape index (κ1) is 11.8. The molecule has 0 saturated carbocycles. The van der Waals surface area contributed by atoms with Gasteiger partial charge in [-0.15, -0.1) is 0 Å². The van der Waals surface area contributed by atoms with Crippen LogP contribution in [0, 0.1) is 6.92 Å². The highest BCUT2D eigenvalue weighted by molar-refractivity contribution is 6.37. The number of benzene rings is 2. The molecule has 0 N–H and O–H groups in total. The summed E-state index contributed by atoms with van der Waals surface area (Å²) in [6.07, 6.45) is 0. The molecule has 2 aromatic rings. The van der Waals surface area contributed by atoms with Crippen molar-refractivity contribution in [3.63, 3.8) is 0 Å². The maximum absolute atomic E-state index is 6.19. The van der Waals surface area contributed by atoms with E-state index in [4.69, 9.17) is 34.8 Å². The predicted molar refractivity (Wildman–Crippen MR) is 71.6 cm³/mol. The third-order valence-electron chi connectivity index (χ3n) is 2.42. The fourth-order valence-corrected chi connectivity index (χ4v) is 2.37. The van der Waals surface area contributed by atoms with Gasteiger partial charge in [0.05, 0.1) is 0 Å². The summed E-state index contributed by atoms with van der Waals surface area (Å²) >= 11 is 18.3. The molecule has 0 atom stereocenters. The summed E-state index contributed by atoms with van der Waals surface area (Å²) in [5.41, 5.74) is 2.89. The quantitative estimate of drug-likeness (QED) is 0.631. The van der Waals surface area contributed by atoms with Gasteiger partial charge in [-0.25, -0.2) is 0 Å². The zero-order chi connectivity index (χ0) is 11.7. The van der Waals surface area contributed by atoms with Crippen molar-refractivity contribution in [3.8, 4) is 11.1 Å². The zero-order valence-electron chi connectivity index (χ0n) is 8.60. The first-order valence-electron chi connectivity index (χ1n) is 4.80. The topological polar surface area (TPSA) is 0 Å². The number of rotatable bonds is 1. The lowest BCUT2D eigenvalue weighted by Crippen LogP contribution is -1.86. The van der Waals surface area contributed by atoms with E-state index in [1.165, 1.54) is 0 Å². The Kier molecular flexibility index (Phi) is 3.44. The maximum Gasteiger partial charge on any atom is 0.0487 e. The summed E-state index contributed by atoms with van der Waals surface area (Å²) in [5, 5.41) is 1.99. The van der Waals surface area contributed by atoms with Crippen molar-refractivity contribution < 1.29 is 0 Å². The van der Waals surface area contributed by atoms with Gasteiger partial charge in [0.1, 0.15) is 0 Å². The summed E-state index contributed by atoms with van der Waals surface area (Å²) in [4.78, 5) is 0. The Balaban J connectivity index is 2.72. The van der Waals surface area contributed by atoms with Gasteiger partial charge in [0.25, 0.3) is 0 Å². The highest BCUT2D eigenvalue weighted by atomic mass is 35.5. The molecule has 0 saturated heterocycles. The number of hydrogen-bond donors (Lipinski definition) is 0. The first-order valence-corrected chi connectivity index (χ1v) is 5.93. The van der Waals surface area contributed by atoms with Crippen LogP contribution in [0.1, 0.15) is 5.56 Å². The number of hydrogen-bond acceptors (Lipinski definition) is 0. The predicted octanol–water partition coefficient (Wildman–Crippen LogP) is 5.62. The second-order valence-corrected chi connectivity index (χ2v) is 4.81. The fraction of sp³-hybridized carbons (Fsp3) is 0.0769. The smallest absolute Gasteiger partial charge is 0.0487 e. The molecule has 0 aromatic heterocycles. The minimum atomic E-state index is 0.652. The minimum absolute atomic E-state index is 0.652. The lowest BCUT2D eigenvalue weighted by Gasteiger charge is -2.10. The van der Waals surface area contributed by atoms with Gasteiger partial charge < -0.3 is 0 Å². The molecule has 0 amide bonds. The number of aryl methyl sites for hydroxylation is 1. The monoisotopic (exact) mass is 270 g/mol. The van der Waals surface area contributed by atoms with Crippen molar-refractivity contribution >= 4 is 34.8 Å². The highest BCUT2D eigenvalue weighted by Crippen LogP contribution is 2.36. The van der Waals surface area contributed by atoms with E-state index in [-0.39, 0.29) is 0 Å². The van der Waals surface area contributed by atoms with Gasteiger partial charge in [-0.2, -0.15) is 0 Å². The third-order valence-corrected chi connectivity index (χ3v) is 3.30. The Morgan fingerprint density at radius 1 is 0.875 bits per heavy atom. The van der Waals surface area contributed by atoms with Crippen LogP contribution in [0.25, 0.3) is 11.1 Å². The van der Waals surface area contributed by atoms with Crippen LogP contribution >= 0.6 is 34.8 Å². The van der Waals surface area contributed by atoms with Crippen LogP contribution in [0.2, 0.25) is 15.1 Å². The van der Waals surface area contributed by atoms with Crippen molar-refractivity contribution in [1.82, 2.24) is 0 Å². The third kappa shape index (κ3) is 2.20. The molecule has 2 aromatic carbocycles. The van der Waals surface area contributed by atoms with Gasteiger partial charge in [-0.3, -0.25) is 0 Å². The average Bonchev–Trinajstić information content (AvgIpc) is 2.23. The fourth-order valence-electron chi connectivity index (χ4n) is 1.66. The van der Waals surface area contributed by atoms with Crippen molar-refractivity contribution in [2.24, 2.45) is 0 Å². The molecule has 0 aliphatic heterocycles. The van der Waals surface area contributed by atoms with Gasteiger partial charge in [0, 0.05) is 26.2 Å². The van der Waals surface area contributed by atoms with E-state index >= 15 is 0 Å². The van der Waals surface area contributed by atoms with Gasteiger partial charge in [0.15, 0.2) is 0 Å². The molecule has 0 spiro atoms. The highest BCUT2D eigenvalue weighted by Gasteiger charge is 2.10. The molecule has 16 heavy (non-hydrogen) atoms. The van der Waals surface area contributed by atoms with Gasteiger partial charge in [-0.05, 0) is 36.8 Å². The number of halogens is 3. The van der Waals surface area contributed by atoms with E-state index in [0.29, 0.717) is 15.1 Å². The average molecular weight is 272 g/mol. The van der Waals surface area contributed by atoms with E-state index in [9.17, 15) is 0 Å². The zero-order valence-corrected chi connectivity index (χ0v) is 10.9. The summed E-state index contributed by atoms with van der Waals surface area (Å²) in [5.74, 6) is 0. The summed E-state index contributed by atoms with van der Waals surface area (Å²) in [6.45, 7) is 2.00. The first-order chi connectivity index (χ1) is 7.59. The van der Waals surface area contributed by atoms with Crippen LogP contribution in [0.5, 0.6) is 0 Å². The molecule has 0 nitrogen and oxygen atoms in total. The second-order valence-electron chi connectivity index (χ2n) is 3.56. The second kappa shape index (κ2) is 4.67. The van der Waals surface area contributed by atoms with E-state index in [2.05, 4.69) is 0 Å². The molecule has 0 bridgehead atoms. The Morgan fingerprint density at radius 3 is 2.31 bits per heavy atom. The SMILES string of the molecule is Cc1cccc(Cl)c1-c1cc(Cl)ccc1Cl. The Hall–Kier alpha value is -0.690. The van der Waals surface area contributed by atoms with E-state index < -0.39 is 0 Å². The van der Waals surface area contributed by atoms with Crippen LogP contribution in [0.4, 0.5) is 0 Å². The van der Waals surface area contributed by atoms with Crippen LogP contribution in [-0.2, 0) is 0 Å². The molecular formula is C13H9Cl3. The molecule has 3 heteroatoms.